The van der Waals surface area contributed by atoms with Gasteiger partial charge < -0.3 is 30.3 Å². The zero-order chi connectivity index (χ0) is 24.8. The molecule has 1 fully saturated rings. The number of likely N-dealkylation sites (N-methyl/N-ethyl adjacent to an activating group) is 1. The molecule has 1 saturated heterocycles. The van der Waals surface area contributed by atoms with Crippen molar-refractivity contribution in [1.82, 2.24) is 15.1 Å². The van der Waals surface area contributed by atoms with Crippen molar-refractivity contribution >= 4 is 30.1 Å². The Kier molecular flexibility index (Phi) is 9.69. The van der Waals surface area contributed by atoms with Gasteiger partial charge in [0, 0.05) is 19.6 Å². The molecule has 4 bridgehead atoms. The molecule has 2 heterocycles. The van der Waals surface area contributed by atoms with Gasteiger partial charge in [-0.05, 0) is 48.7 Å². The van der Waals surface area contributed by atoms with Crippen LogP contribution in [0.25, 0.3) is 0 Å². The number of rotatable bonds is 2. The molecule has 0 aromatic heterocycles. The number of likely N-dealkylation sites (tertiary alicyclic amines) is 1. The summed E-state index contributed by atoms with van der Waals surface area (Å²) in [7, 11) is 0. The summed E-state index contributed by atoms with van der Waals surface area (Å²) in [6, 6.07) is 14.6. The second-order valence-corrected chi connectivity index (χ2v) is 8.84. The lowest BCUT2D eigenvalue weighted by Gasteiger charge is -2.39. The fourth-order valence-corrected chi connectivity index (χ4v) is 4.47. The highest BCUT2D eigenvalue weighted by Crippen LogP contribution is 2.25. The Bertz CT molecular complexity index is 1080. The lowest BCUT2D eigenvalue weighted by Crippen LogP contribution is -2.59. The fraction of sp³-hybridized carbons (Fsp3) is 0.423. The molecule has 2 aromatic carbocycles. The molecule has 9 nitrogen and oxygen atoms in total. The lowest BCUT2D eigenvalue weighted by atomic mass is 10.0. The molecule has 0 spiro atoms. The van der Waals surface area contributed by atoms with Crippen LogP contribution in [-0.4, -0.2) is 72.4 Å². The first kappa shape index (κ1) is 27.4. The van der Waals surface area contributed by atoms with Gasteiger partial charge in [0.05, 0.1) is 38.3 Å². The average molecular weight is 517 g/mol. The van der Waals surface area contributed by atoms with Crippen LogP contribution in [-0.2, 0) is 32.1 Å². The summed E-state index contributed by atoms with van der Waals surface area (Å²) in [5, 5.41) is 3.00. The minimum Gasteiger partial charge on any atom is -0.457 e. The molecule has 0 radical (unpaired) electrons. The second kappa shape index (κ2) is 12.7. The van der Waals surface area contributed by atoms with Crippen molar-refractivity contribution in [1.29, 1.82) is 0 Å². The van der Waals surface area contributed by atoms with E-state index in [1.807, 2.05) is 55.5 Å². The fourth-order valence-electron chi connectivity index (χ4n) is 4.47. The number of nitrogens with two attached hydrogens (primary N) is 1. The number of benzene rings is 2. The number of fused-ring (bicyclic) bond motifs is 5. The molecule has 0 unspecified atom stereocenters. The minimum absolute atomic E-state index is 0. The number of piperidine rings is 1. The van der Waals surface area contributed by atoms with Crippen molar-refractivity contribution in [3.8, 4) is 11.5 Å². The molecule has 194 valence electrons. The van der Waals surface area contributed by atoms with E-state index in [1.54, 1.807) is 4.90 Å². The van der Waals surface area contributed by atoms with E-state index in [4.69, 9.17) is 15.2 Å². The molecule has 4 rings (SSSR count). The molecule has 2 aliphatic heterocycles. The maximum absolute atomic E-state index is 13.0. The Balaban J connectivity index is 0.00000361. The van der Waals surface area contributed by atoms with E-state index in [0.717, 1.165) is 11.1 Å². The van der Waals surface area contributed by atoms with E-state index in [-0.39, 0.29) is 55.7 Å². The largest absolute Gasteiger partial charge is 0.457 e. The molecule has 10 heteroatoms. The standard InChI is InChI=1S/C26H32N4O5.ClH/c1-2-29-16-24(31)28-22-15-30(26(33)14-27)10-9-23(22)34-17-19-6-4-8-21(12-19)35-20-7-3-5-18(11-20)13-25(29)32;/h3-8,11-12,22-23H,2,9-10,13-17,27H2,1H3,(H,28,31);1H/t22-,23-;/m0./s1. The van der Waals surface area contributed by atoms with E-state index < -0.39 is 6.04 Å². The Labute approximate surface area is 217 Å². The van der Waals surface area contributed by atoms with Crippen molar-refractivity contribution in [2.24, 2.45) is 5.73 Å². The van der Waals surface area contributed by atoms with Gasteiger partial charge in [0.2, 0.25) is 17.7 Å². The van der Waals surface area contributed by atoms with Gasteiger partial charge in [-0.2, -0.15) is 0 Å². The molecule has 0 aliphatic carbocycles. The number of carbonyl (C=O) groups is 3. The lowest BCUT2D eigenvalue weighted by molar-refractivity contribution is -0.138. The molecular formula is C26H33ClN4O5. The van der Waals surface area contributed by atoms with Gasteiger partial charge in [-0.1, -0.05) is 24.3 Å². The van der Waals surface area contributed by atoms with Gasteiger partial charge in [0.15, 0.2) is 0 Å². The summed E-state index contributed by atoms with van der Waals surface area (Å²) in [4.78, 5) is 41.3. The van der Waals surface area contributed by atoms with Gasteiger partial charge in [0.25, 0.3) is 0 Å². The first-order valence-electron chi connectivity index (χ1n) is 12.0. The van der Waals surface area contributed by atoms with Crippen LogP contribution in [0, 0.1) is 0 Å². The van der Waals surface area contributed by atoms with Crippen LogP contribution in [0.2, 0.25) is 0 Å². The summed E-state index contributed by atoms with van der Waals surface area (Å²) in [6.07, 6.45) is 0.434. The summed E-state index contributed by atoms with van der Waals surface area (Å²) in [5.74, 6) is 0.697. The van der Waals surface area contributed by atoms with Crippen LogP contribution in [0.4, 0.5) is 0 Å². The predicted molar refractivity (Wildman–Crippen MR) is 137 cm³/mol. The van der Waals surface area contributed by atoms with Gasteiger partial charge in [-0.15, -0.1) is 12.4 Å². The average Bonchev–Trinajstić information content (AvgIpc) is 2.86. The number of amides is 3. The topological polar surface area (TPSA) is 114 Å². The van der Waals surface area contributed by atoms with E-state index >= 15 is 0 Å². The van der Waals surface area contributed by atoms with Gasteiger partial charge in [-0.3, -0.25) is 14.4 Å². The smallest absolute Gasteiger partial charge is 0.239 e. The van der Waals surface area contributed by atoms with E-state index in [2.05, 4.69) is 5.32 Å². The van der Waals surface area contributed by atoms with Crippen LogP contribution in [0.5, 0.6) is 11.5 Å². The molecule has 0 saturated carbocycles. The van der Waals surface area contributed by atoms with Crippen molar-refractivity contribution in [2.75, 3.05) is 32.7 Å². The number of carbonyl (C=O) groups excluding carboxylic acids is 3. The summed E-state index contributed by atoms with van der Waals surface area (Å²) < 4.78 is 12.3. The van der Waals surface area contributed by atoms with Crippen molar-refractivity contribution in [2.45, 2.75) is 38.5 Å². The minimum atomic E-state index is -0.411. The third-order valence-corrected chi connectivity index (χ3v) is 6.34. The van der Waals surface area contributed by atoms with Crippen molar-refractivity contribution < 1.29 is 23.9 Å². The number of nitrogens with zero attached hydrogens (tertiary/aromatic N) is 2. The molecule has 36 heavy (non-hydrogen) atoms. The number of nitrogens with one attached hydrogen (secondary N) is 1. The molecule has 2 aromatic rings. The van der Waals surface area contributed by atoms with E-state index in [1.165, 1.54) is 4.90 Å². The van der Waals surface area contributed by atoms with Crippen molar-refractivity contribution in [3.05, 3.63) is 59.7 Å². The zero-order valence-corrected chi connectivity index (χ0v) is 21.2. The first-order valence-corrected chi connectivity index (χ1v) is 12.0. The predicted octanol–water partition coefficient (Wildman–Crippen LogP) is 1.87. The monoisotopic (exact) mass is 516 g/mol. The second-order valence-electron chi connectivity index (χ2n) is 8.84. The number of ether oxygens (including phenoxy) is 2. The van der Waals surface area contributed by atoms with Crippen LogP contribution >= 0.6 is 12.4 Å². The third-order valence-electron chi connectivity index (χ3n) is 6.34. The van der Waals surface area contributed by atoms with Crippen LogP contribution in [0.1, 0.15) is 24.5 Å². The van der Waals surface area contributed by atoms with E-state index in [9.17, 15) is 14.4 Å². The Morgan fingerprint density at radius 2 is 1.81 bits per heavy atom. The zero-order valence-electron chi connectivity index (χ0n) is 20.4. The number of halogens is 1. The number of hydrogen-bond donors (Lipinski definition) is 2. The molecule has 2 atom stereocenters. The highest BCUT2D eigenvalue weighted by Gasteiger charge is 2.33. The van der Waals surface area contributed by atoms with E-state index in [0.29, 0.717) is 44.2 Å². The molecule has 3 N–H and O–H groups in total. The van der Waals surface area contributed by atoms with Crippen LogP contribution in [0.15, 0.2) is 48.5 Å². The Hall–Kier alpha value is -3.14. The summed E-state index contributed by atoms with van der Waals surface area (Å²) in [6.45, 7) is 3.23. The van der Waals surface area contributed by atoms with Crippen LogP contribution in [0.3, 0.4) is 0 Å². The van der Waals surface area contributed by atoms with Gasteiger partial charge in [-0.25, -0.2) is 0 Å². The van der Waals surface area contributed by atoms with Crippen LogP contribution < -0.4 is 15.8 Å². The third kappa shape index (κ3) is 6.96. The molecular weight excluding hydrogens is 484 g/mol. The normalized spacial score (nSPS) is 20.8. The molecule has 3 amide bonds. The Morgan fingerprint density at radius 3 is 2.50 bits per heavy atom. The quantitative estimate of drug-likeness (QED) is 0.630. The summed E-state index contributed by atoms with van der Waals surface area (Å²) in [5.41, 5.74) is 7.29. The number of hydrogen-bond acceptors (Lipinski definition) is 6. The maximum Gasteiger partial charge on any atom is 0.239 e. The molecule has 2 aliphatic rings. The first-order chi connectivity index (χ1) is 16.9. The van der Waals surface area contributed by atoms with Gasteiger partial charge in [0.1, 0.15) is 11.5 Å². The maximum atomic E-state index is 13.0. The Morgan fingerprint density at radius 1 is 1.11 bits per heavy atom. The SMILES string of the molecule is CCN1CC(=O)N[C@H]2CN(C(=O)CN)CC[C@@H]2OCc2cccc(c2)Oc2cccc(c2)CC1=O.Cl. The highest BCUT2D eigenvalue weighted by molar-refractivity contribution is 5.86. The summed E-state index contributed by atoms with van der Waals surface area (Å²) >= 11 is 0. The van der Waals surface area contributed by atoms with Gasteiger partial charge >= 0.3 is 0 Å². The van der Waals surface area contributed by atoms with Crippen molar-refractivity contribution in [3.63, 3.8) is 0 Å². The highest BCUT2D eigenvalue weighted by atomic mass is 35.5.